The van der Waals surface area contributed by atoms with Crippen molar-refractivity contribution in [2.45, 2.75) is 75.7 Å². The summed E-state index contributed by atoms with van der Waals surface area (Å²) >= 11 is 0. The molecule has 0 spiro atoms. The highest BCUT2D eigenvalue weighted by molar-refractivity contribution is 5.79. The maximum atomic E-state index is 11.5. The van der Waals surface area contributed by atoms with Crippen LogP contribution in [0.2, 0.25) is 0 Å². The van der Waals surface area contributed by atoms with Crippen LogP contribution in [0.1, 0.15) is 75.7 Å². The zero-order valence-corrected chi connectivity index (χ0v) is 14.9. The van der Waals surface area contributed by atoms with Gasteiger partial charge in [0, 0.05) is 5.41 Å². The van der Waals surface area contributed by atoms with E-state index < -0.39 is 5.41 Å². The SMILES string of the molecule is CC.CC(C)C(C(C)C)C(C)(C)CC(C)(C)C(N)=O. The van der Waals surface area contributed by atoms with Crippen molar-refractivity contribution in [2.75, 3.05) is 0 Å². The van der Waals surface area contributed by atoms with Crippen molar-refractivity contribution in [2.24, 2.45) is 34.3 Å². The van der Waals surface area contributed by atoms with Gasteiger partial charge in [0.1, 0.15) is 0 Å². The lowest BCUT2D eigenvalue weighted by molar-refractivity contribution is -0.128. The first-order valence-electron chi connectivity index (χ1n) is 7.71. The molecule has 0 rings (SSSR count). The standard InChI is InChI=1S/C15H31NO.C2H6/c1-10(2)12(11(3)4)14(5,6)9-15(7,8)13(16)17;1-2/h10-12H,9H2,1-8H3,(H2,16,17);1-2H3. The van der Waals surface area contributed by atoms with E-state index in [4.69, 9.17) is 5.73 Å². The van der Waals surface area contributed by atoms with E-state index in [2.05, 4.69) is 41.5 Å². The van der Waals surface area contributed by atoms with Gasteiger partial charge in [-0.3, -0.25) is 4.79 Å². The Hall–Kier alpha value is -0.530. The molecule has 0 aliphatic heterocycles. The maximum absolute atomic E-state index is 11.5. The van der Waals surface area contributed by atoms with Crippen LogP contribution < -0.4 is 5.73 Å². The summed E-state index contributed by atoms with van der Waals surface area (Å²) in [6.45, 7) is 21.5. The van der Waals surface area contributed by atoms with Gasteiger partial charge in [-0.05, 0) is 29.6 Å². The number of carbonyl (C=O) groups excluding carboxylic acids is 1. The average Bonchev–Trinajstić information content (AvgIpc) is 2.16. The summed E-state index contributed by atoms with van der Waals surface area (Å²) in [5, 5.41) is 0. The van der Waals surface area contributed by atoms with Crippen LogP contribution in [0.25, 0.3) is 0 Å². The molecule has 0 aromatic carbocycles. The number of nitrogens with two attached hydrogens (primary N) is 1. The minimum Gasteiger partial charge on any atom is -0.369 e. The summed E-state index contributed by atoms with van der Waals surface area (Å²) in [5.41, 5.74) is 5.19. The lowest BCUT2D eigenvalue weighted by atomic mass is 9.61. The molecule has 0 bridgehead atoms. The molecule has 0 saturated heterocycles. The number of hydrogen-bond acceptors (Lipinski definition) is 1. The normalized spacial score (nSPS) is 12.7. The van der Waals surface area contributed by atoms with E-state index in [0.29, 0.717) is 17.8 Å². The quantitative estimate of drug-likeness (QED) is 0.736. The Morgan fingerprint density at radius 1 is 0.947 bits per heavy atom. The van der Waals surface area contributed by atoms with E-state index >= 15 is 0 Å². The summed E-state index contributed by atoms with van der Waals surface area (Å²) in [4.78, 5) is 11.5. The molecule has 2 heteroatoms. The molecular weight excluding hydrogens is 234 g/mol. The molecule has 2 N–H and O–H groups in total. The molecule has 19 heavy (non-hydrogen) atoms. The van der Waals surface area contributed by atoms with E-state index in [0.717, 1.165) is 6.42 Å². The molecule has 2 nitrogen and oxygen atoms in total. The second-order valence-corrected chi connectivity index (χ2v) is 7.43. The third-order valence-corrected chi connectivity index (χ3v) is 3.90. The molecule has 0 unspecified atom stereocenters. The second-order valence-electron chi connectivity index (χ2n) is 7.43. The molecule has 0 radical (unpaired) electrons. The van der Waals surface area contributed by atoms with Crippen LogP contribution in [0.3, 0.4) is 0 Å². The van der Waals surface area contributed by atoms with Crippen LogP contribution >= 0.6 is 0 Å². The molecule has 116 valence electrons. The highest BCUT2D eigenvalue weighted by Crippen LogP contribution is 2.45. The average molecular weight is 271 g/mol. The van der Waals surface area contributed by atoms with Crippen LogP contribution in [0, 0.1) is 28.6 Å². The minimum atomic E-state index is -0.425. The van der Waals surface area contributed by atoms with Crippen molar-refractivity contribution >= 4 is 5.91 Å². The Kier molecular flexibility index (Phi) is 8.66. The summed E-state index contributed by atoms with van der Waals surface area (Å²) in [7, 11) is 0. The van der Waals surface area contributed by atoms with Crippen molar-refractivity contribution in [1.29, 1.82) is 0 Å². The van der Waals surface area contributed by atoms with E-state index in [1.165, 1.54) is 0 Å². The summed E-state index contributed by atoms with van der Waals surface area (Å²) in [5.74, 6) is 1.64. The molecule has 0 heterocycles. The van der Waals surface area contributed by atoms with Gasteiger partial charge in [0.05, 0.1) is 0 Å². The fourth-order valence-corrected chi connectivity index (χ4v) is 3.92. The molecule has 0 aromatic rings. The van der Waals surface area contributed by atoms with E-state index in [1.807, 2.05) is 27.7 Å². The molecular formula is C17H37NO. The first kappa shape index (κ1) is 20.8. The van der Waals surface area contributed by atoms with Crippen LogP contribution in [0.5, 0.6) is 0 Å². The van der Waals surface area contributed by atoms with Gasteiger partial charge in [-0.2, -0.15) is 0 Å². The molecule has 0 fully saturated rings. The predicted octanol–water partition coefficient (Wildman–Crippen LogP) is 4.87. The Balaban J connectivity index is 0. The van der Waals surface area contributed by atoms with Gasteiger partial charge in [0.25, 0.3) is 0 Å². The van der Waals surface area contributed by atoms with Gasteiger partial charge in [-0.1, -0.05) is 69.2 Å². The van der Waals surface area contributed by atoms with Gasteiger partial charge in [0.2, 0.25) is 5.91 Å². The highest BCUT2D eigenvalue weighted by Gasteiger charge is 2.40. The van der Waals surface area contributed by atoms with Gasteiger partial charge < -0.3 is 5.73 Å². The Labute approximate surface area is 121 Å². The summed E-state index contributed by atoms with van der Waals surface area (Å²) in [6.07, 6.45) is 0.844. The van der Waals surface area contributed by atoms with Gasteiger partial charge in [-0.15, -0.1) is 0 Å². The minimum absolute atomic E-state index is 0.126. The van der Waals surface area contributed by atoms with Gasteiger partial charge >= 0.3 is 0 Å². The third kappa shape index (κ3) is 6.44. The smallest absolute Gasteiger partial charge is 0.223 e. The molecule has 0 saturated carbocycles. The monoisotopic (exact) mass is 271 g/mol. The number of primary amides is 1. The Bertz CT molecular complexity index is 256. The fourth-order valence-electron chi connectivity index (χ4n) is 3.92. The lowest BCUT2D eigenvalue weighted by Crippen LogP contribution is -2.41. The van der Waals surface area contributed by atoms with Gasteiger partial charge in [0.15, 0.2) is 0 Å². The summed E-state index contributed by atoms with van der Waals surface area (Å²) < 4.78 is 0. The first-order valence-corrected chi connectivity index (χ1v) is 7.71. The molecule has 1 amide bonds. The van der Waals surface area contributed by atoms with E-state index in [-0.39, 0.29) is 11.3 Å². The van der Waals surface area contributed by atoms with Crippen LogP contribution in [-0.4, -0.2) is 5.91 Å². The number of rotatable bonds is 6. The largest absolute Gasteiger partial charge is 0.369 e. The maximum Gasteiger partial charge on any atom is 0.223 e. The lowest BCUT2D eigenvalue weighted by Gasteiger charge is -2.43. The van der Waals surface area contributed by atoms with Crippen molar-refractivity contribution < 1.29 is 4.79 Å². The second kappa shape index (κ2) is 7.91. The molecule has 0 aromatic heterocycles. The predicted molar refractivity (Wildman–Crippen MR) is 85.9 cm³/mol. The number of carbonyl (C=O) groups is 1. The van der Waals surface area contributed by atoms with Crippen molar-refractivity contribution in [1.82, 2.24) is 0 Å². The number of hydrogen-bond donors (Lipinski definition) is 1. The molecule has 0 atom stereocenters. The van der Waals surface area contributed by atoms with Gasteiger partial charge in [-0.25, -0.2) is 0 Å². The third-order valence-electron chi connectivity index (χ3n) is 3.90. The van der Waals surface area contributed by atoms with Crippen LogP contribution in [-0.2, 0) is 4.79 Å². The Morgan fingerprint density at radius 2 is 1.26 bits per heavy atom. The fraction of sp³-hybridized carbons (Fsp3) is 0.941. The zero-order valence-electron chi connectivity index (χ0n) is 14.9. The topological polar surface area (TPSA) is 43.1 Å². The van der Waals surface area contributed by atoms with Crippen molar-refractivity contribution in [3.8, 4) is 0 Å². The number of amides is 1. The Morgan fingerprint density at radius 3 is 1.47 bits per heavy atom. The van der Waals surface area contributed by atoms with E-state index in [9.17, 15) is 4.79 Å². The van der Waals surface area contributed by atoms with Crippen LogP contribution in [0.4, 0.5) is 0 Å². The summed E-state index contributed by atoms with van der Waals surface area (Å²) in [6, 6.07) is 0. The molecule has 0 aliphatic carbocycles. The van der Waals surface area contributed by atoms with Crippen LogP contribution in [0.15, 0.2) is 0 Å². The zero-order chi connectivity index (χ0) is 16.0. The van der Waals surface area contributed by atoms with Crippen molar-refractivity contribution in [3.63, 3.8) is 0 Å². The molecule has 0 aliphatic rings. The highest BCUT2D eigenvalue weighted by atomic mass is 16.1. The van der Waals surface area contributed by atoms with E-state index in [1.54, 1.807) is 0 Å². The van der Waals surface area contributed by atoms with Crippen molar-refractivity contribution in [3.05, 3.63) is 0 Å². The first-order chi connectivity index (χ1) is 8.42.